The monoisotopic (exact) mass is 412 g/mol. The molecule has 2 atom stereocenters. The van der Waals surface area contributed by atoms with E-state index in [1.54, 1.807) is 36.7 Å². The molecular weight excluding hydrogens is 387 g/mol. The third-order valence-electron chi connectivity index (χ3n) is 3.90. The molecule has 0 fully saturated rings. The largest absolute Gasteiger partial charge is 0.353 e. The van der Waals surface area contributed by atoms with Gasteiger partial charge >= 0.3 is 0 Å². The van der Waals surface area contributed by atoms with E-state index in [0.29, 0.717) is 18.5 Å². The van der Waals surface area contributed by atoms with Crippen LogP contribution < -0.4 is 16.0 Å². The van der Waals surface area contributed by atoms with Gasteiger partial charge in [0.1, 0.15) is 6.04 Å². The van der Waals surface area contributed by atoms with E-state index in [1.165, 1.54) is 0 Å². The molecule has 0 bridgehead atoms. The molecule has 0 saturated heterocycles. The molecule has 0 spiro atoms. The van der Waals surface area contributed by atoms with Crippen LogP contribution in [0.15, 0.2) is 54.9 Å². The van der Waals surface area contributed by atoms with Crippen molar-refractivity contribution in [3.63, 3.8) is 0 Å². The quantitative estimate of drug-likeness (QED) is 0.618. The van der Waals surface area contributed by atoms with Crippen LogP contribution in [0, 0.1) is 0 Å². The van der Waals surface area contributed by atoms with Gasteiger partial charge in [-0.2, -0.15) is 0 Å². The predicted octanol–water partition coefficient (Wildman–Crippen LogP) is 1.99. The third kappa shape index (κ3) is 8.39. The summed E-state index contributed by atoms with van der Waals surface area (Å²) in [5.74, 6) is -0.485. The molecule has 8 heteroatoms. The number of carbonyl (C=O) groups is 2. The summed E-state index contributed by atoms with van der Waals surface area (Å²) < 4.78 is 0. The lowest BCUT2D eigenvalue weighted by Gasteiger charge is -2.20. The molecule has 2 amide bonds. The van der Waals surface area contributed by atoms with E-state index in [4.69, 9.17) is 0 Å². The zero-order valence-electron chi connectivity index (χ0n) is 15.3. The standard InChI is InChI=1S/C19H24N4O2.2ClH/c1-14(20-2)12-22-19(25)17(11-15-7-6-10-21-13-15)23-18(24)16-8-4-3-5-9-16;;/h3-10,13-14,17,20H,11-12H2,1-2H3,(H,22,25)(H,23,24);2*1H. The Hall–Kier alpha value is -2.15. The molecule has 1 heterocycles. The Morgan fingerprint density at radius 3 is 2.37 bits per heavy atom. The summed E-state index contributed by atoms with van der Waals surface area (Å²) in [6.07, 6.45) is 3.76. The first kappa shape index (κ1) is 24.8. The molecule has 1 aromatic carbocycles. The van der Waals surface area contributed by atoms with E-state index in [9.17, 15) is 9.59 Å². The lowest BCUT2D eigenvalue weighted by molar-refractivity contribution is -0.123. The maximum atomic E-state index is 12.6. The number of hydrogen-bond donors (Lipinski definition) is 3. The molecule has 0 aliphatic carbocycles. The van der Waals surface area contributed by atoms with Gasteiger partial charge in [0.05, 0.1) is 0 Å². The van der Waals surface area contributed by atoms with Gasteiger partial charge in [0.2, 0.25) is 5.91 Å². The Labute approximate surface area is 172 Å². The van der Waals surface area contributed by atoms with Crippen LogP contribution in [0.4, 0.5) is 0 Å². The van der Waals surface area contributed by atoms with Crippen molar-refractivity contribution in [2.24, 2.45) is 0 Å². The lowest BCUT2D eigenvalue weighted by Crippen LogP contribution is -2.50. The first-order valence-corrected chi connectivity index (χ1v) is 8.30. The molecule has 0 aliphatic heterocycles. The number of benzene rings is 1. The number of rotatable bonds is 8. The Balaban J connectivity index is 0.00000338. The second-order valence-corrected chi connectivity index (χ2v) is 5.89. The molecule has 1 aromatic heterocycles. The second-order valence-electron chi connectivity index (χ2n) is 5.89. The van der Waals surface area contributed by atoms with Crippen molar-refractivity contribution in [3.05, 3.63) is 66.0 Å². The summed E-state index contributed by atoms with van der Waals surface area (Å²) >= 11 is 0. The summed E-state index contributed by atoms with van der Waals surface area (Å²) in [7, 11) is 1.83. The van der Waals surface area contributed by atoms with E-state index in [1.807, 2.05) is 32.2 Å². The van der Waals surface area contributed by atoms with Crippen molar-refractivity contribution in [1.82, 2.24) is 20.9 Å². The van der Waals surface area contributed by atoms with Crippen molar-refractivity contribution in [3.8, 4) is 0 Å². The molecule has 0 radical (unpaired) electrons. The van der Waals surface area contributed by atoms with Crippen molar-refractivity contribution in [2.75, 3.05) is 13.6 Å². The zero-order valence-corrected chi connectivity index (χ0v) is 17.0. The predicted molar refractivity (Wildman–Crippen MR) is 112 cm³/mol. The van der Waals surface area contributed by atoms with Crippen LogP contribution in [0.1, 0.15) is 22.8 Å². The van der Waals surface area contributed by atoms with E-state index >= 15 is 0 Å². The van der Waals surface area contributed by atoms with Crippen LogP contribution >= 0.6 is 24.8 Å². The average molecular weight is 413 g/mol. The highest BCUT2D eigenvalue weighted by atomic mass is 35.5. The van der Waals surface area contributed by atoms with Gasteiger partial charge in [0.25, 0.3) is 5.91 Å². The van der Waals surface area contributed by atoms with E-state index < -0.39 is 6.04 Å². The Morgan fingerprint density at radius 2 is 1.78 bits per heavy atom. The fourth-order valence-corrected chi connectivity index (χ4v) is 2.27. The normalized spacial score (nSPS) is 11.9. The molecule has 6 nitrogen and oxygen atoms in total. The fourth-order valence-electron chi connectivity index (χ4n) is 2.27. The molecule has 148 valence electrons. The van der Waals surface area contributed by atoms with Crippen molar-refractivity contribution < 1.29 is 9.59 Å². The number of aromatic nitrogens is 1. The summed E-state index contributed by atoms with van der Waals surface area (Å²) in [4.78, 5) is 29.1. The molecule has 2 unspecified atom stereocenters. The maximum absolute atomic E-state index is 12.6. The Morgan fingerprint density at radius 1 is 1.07 bits per heavy atom. The second kappa shape index (κ2) is 13.1. The molecule has 27 heavy (non-hydrogen) atoms. The topological polar surface area (TPSA) is 83.1 Å². The molecule has 3 N–H and O–H groups in total. The van der Waals surface area contributed by atoms with Crippen LogP contribution in [0.5, 0.6) is 0 Å². The highest BCUT2D eigenvalue weighted by Gasteiger charge is 2.22. The number of hydrogen-bond acceptors (Lipinski definition) is 4. The third-order valence-corrected chi connectivity index (χ3v) is 3.90. The van der Waals surface area contributed by atoms with Crippen LogP contribution in [-0.4, -0.2) is 42.5 Å². The van der Waals surface area contributed by atoms with Gasteiger partial charge in [0, 0.05) is 37.0 Å². The van der Waals surface area contributed by atoms with E-state index in [-0.39, 0.29) is 42.7 Å². The van der Waals surface area contributed by atoms with Crippen LogP contribution in [0.25, 0.3) is 0 Å². The SMILES string of the molecule is CNC(C)CNC(=O)C(Cc1cccnc1)NC(=O)c1ccccc1.Cl.Cl. The fraction of sp³-hybridized carbons (Fsp3) is 0.316. The minimum Gasteiger partial charge on any atom is -0.353 e. The van der Waals surface area contributed by atoms with Gasteiger partial charge in [-0.15, -0.1) is 24.8 Å². The summed E-state index contributed by atoms with van der Waals surface area (Å²) in [6.45, 7) is 2.46. The van der Waals surface area contributed by atoms with Crippen molar-refractivity contribution >= 4 is 36.6 Å². The van der Waals surface area contributed by atoms with E-state index in [0.717, 1.165) is 5.56 Å². The number of likely N-dealkylation sites (N-methyl/N-ethyl adjacent to an activating group) is 1. The minimum atomic E-state index is -0.666. The van der Waals surface area contributed by atoms with Gasteiger partial charge < -0.3 is 16.0 Å². The van der Waals surface area contributed by atoms with E-state index in [2.05, 4.69) is 20.9 Å². The number of nitrogens with one attached hydrogen (secondary N) is 3. The minimum absolute atomic E-state index is 0. The number of amides is 2. The Bertz CT molecular complexity index is 687. The van der Waals surface area contributed by atoms with Gasteiger partial charge in [-0.1, -0.05) is 24.3 Å². The van der Waals surface area contributed by atoms with Gasteiger partial charge in [-0.25, -0.2) is 0 Å². The number of carbonyl (C=O) groups excluding carboxylic acids is 2. The maximum Gasteiger partial charge on any atom is 0.251 e. The average Bonchev–Trinajstić information content (AvgIpc) is 2.66. The zero-order chi connectivity index (χ0) is 18.1. The Kier molecular flexibility index (Phi) is 12.0. The molecule has 2 aromatic rings. The molecule has 2 rings (SSSR count). The lowest BCUT2D eigenvalue weighted by atomic mass is 10.1. The summed E-state index contributed by atoms with van der Waals surface area (Å²) in [6, 6.07) is 12.0. The number of halogens is 2. The van der Waals surface area contributed by atoms with Crippen molar-refractivity contribution in [1.29, 1.82) is 0 Å². The molecule has 0 aliphatic rings. The molecule has 0 saturated carbocycles. The first-order chi connectivity index (χ1) is 12.1. The highest BCUT2D eigenvalue weighted by molar-refractivity contribution is 5.97. The summed E-state index contributed by atoms with van der Waals surface area (Å²) in [5.41, 5.74) is 1.41. The van der Waals surface area contributed by atoms with Gasteiger partial charge in [-0.3, -0.25) is 14.6 Å². The summed E-state index contributed by atoms with van der Waals surface area (Å²) in [5, 5.41) is 8.76. The van der Waals surface area contributed by atoms with Gasteiger partial charge in [0.15, 0.2) is 0 Å². The van der Waals surface area contributed by atoms with Crippen LogP contribution in [0.2, 0.25) is 0 Å². The van der Waals surface area contributed by atoms with Crippen LogP contribution in [-0.2, 0) is 11.2 Å². The van der Waals surface area contributed by atoms with Crippen LogP contribution in [0.3, 0.4) is 0 Å². The van der Waals surface area contributed by atoms with Crippen molar-refractivity contribution in [2.45, 2.75) is 25.4 Å². The van der Waals surface area contributed by atoms with Gasteiger partial charge in [-0.05, 0) is 37.7 Å². The number of pyridine rings is 1. The number of nitrogens with zero attached hydrogens (tertiary/aromatic N) is 1. The smallest absolute Gasteiger partial charge is 0.251 e. The first-order valence-electron chi connectivity index (χ1n) is 8.30. The highest BCUT2D eigenvalue weighted by Crippen LogP contribution is 2.05. The molecular formula is C19H26Cl2N4O2.